The molecule has 0 amide bonds. The van der Waals surface area contributed by atoms with E-state index in [2.05, 4.69) is 5.32 Å². The second-order valence-electron chi connectivity index (χ2n) is 6.07. The Bertz CT molecular complexity index is 922. The standard InChI is InChI=1S/C21H22Cl2NO3P/c22-13-15-26-28(25,27-16-14-23)21(18-8-2-1-3-9-18)24-20-12-6-10-17-7-4-5-11-19(17)20/h1-12,21,24H,13-16H2/t21-/m1/s1. The van der Waals surface area contributed by atoms with Crippen LogP contribution in [0.15, 0.2) is 72.8 Å². The Morgan fingerprint density at radius 1 is 0.821 bits per heavy atom. The lowest BCUT2D eigenvalue weighted by Gasteiger charge is -2.29. The highest BCUT2D eigenvalue weighted by molar-refractivity contribution is 7.54. The van der Waals surface area contributed by atoms with Gasteiger partial charge in [-0.2, -0.15) is 0 Å². The van der Waals surface area contributed by atoms with Crippen LogP contribution in [0, 0.1) is 0 Å². The van der Waals surface area contributed by atoms with Crippen molar-refractivity contribution in [2.75, 3.05) is 30.3 Å². The summed E-state index contributed by atoms with van der Waals surface area (Å²) >= 11 is 11.6. The molecule has 28 heavy (non-hydrogen) atoms. The first-order chi connectivity index (χ1) is 13.7. The molecule has 0 aliphatic heterocycles. The van der Waals surface area contributed by atoms with Gasteiger partial charge in [-0.3, -0.25) is 4.57 Å². The minimum atomic E-state index is -3.61. The van der Waals surface area contributed by atoms with Gasteiger partial charge in [0.1, 0.15) is 0 Å². The fraction of sp³-hybridized carbons (Fsp3) is 0.238. The van der Waals surface area contributed by atoms with Crippen molar-refractivity contribution in [3.8, 4) is 0 Å². The third kappa shape index (κ3) is 5.08. The first-order valence-corrected chi connectivity index (χ1v) is 11.7. The van der Waals surface area contributed by atoms with Crippen LogP contribution in [0.1, 0.15) is 11.3 Å². The number of hydrogen-bond acceptors (Lipinski definition) is 4. The lowest BCUT2D eigenvalue weighted by atomic mass is 10.1. The van der Waals surface area contributed by atoms with Crippen LogP contribution in [0.2, 0.25) is 0 Å². The fourth-order valence-electron chi connectivity index (χ4n) is 2.99. The average Bonchev–Trinajstić information content (AvgIpc) is 2.75. The number of halogens is 2. The maximum absolute atomic E-state index is 13.7. The summed E-state index contributed by atoms with van der Waals surface area (Å²) in [7, 11) is -3.61. The maximum atomic E-state index is 13.7. The maximum Gasteiger partial charge on any atom is 0.357 e. The lowest BCUT2D eigenvalue weighted by molar-refractivity contribution is 0.216. The highest BCUT2D eigenvalue weighted by atomic mass is 35.5. The zero-order valence-electron chi connectivity index (χ0n) is 15.3. The second-order valence-corrected chi connectivity index (χ2v) is 8.94. The van der Waals surface area contributed by atoms with Crippen LogP contribution < -0.4 is 5.32 Å². The first kappa shape index (κ1) is 21.2. The average molecular weight is 438 g/mol. The van der Waals surface area contributed by atoms with Gasteiger partial charge in [-0.25, -0.2) is 0 Å². The summed E-state index contributed by atoms with van der Waals surface area (Å²) in [6.07, 6.45) is 0. The van der Waals surface area contributed by atoms with E-state index in [9.17, 15) is 4.57 Å². The summed E-state index contributed by atoms with van der Waals surface area (Å²) in [5.74, 6) is -0.278. The molecule has 3 aromatic carbocycles. The third-order valence-electron chi connectivity index (χ3n) is 4.21. The molecule has 1 atom stereocenters. The summed E-state index contributed by atoms with van der Waals surface area (Å²) in [5, 5.41) is 5.50. The monoisotopic (exact) mass is 437 g/mol. The Hall–Kier alpha value is -1.55. The molecule has 1 N–H and O–H groups in total. The number of hydrogen-bond donors (Lipinski definition) is 1. The predicted octanol–water partition coefficient (Wildman–Crippen LogP) is 6.65. The molecule has 4 nitrogen and oxygen atoms in total. The molecule has 0 saturated carbocycles. The van der Waals surface area contributed by atoms with E-state index in [0.717, 1.165) is 22.0 Å². The van der Waals surface area contributed by atoms with Crippen LogP contribution in [0.4, 0.5) is 5.69 Å². The summed E-state index contributed by atoms with van der Waals surface area (Å²) in [4.78, 5) is 0. The van der Waals surface area contributed by atoms with Gasteiger partial charge in [0, 0.05) is 22.8 Å². The molecule has 0 spiro atoms. The first-order valence-electron chi connectivity index (χ1n) is 8.98. The molecule has 0 radical (unpaired) electrons. The number of nitrogens with one attached hydrogen (secondary N) is 1. The molecular weight excluding hydrogens is 416 g/mol. The molecule has 0 aliphatic carbocycles. The smallest absolute Gasteiger partial charge is 0.357 e. The zero-order chi connectivity index (χ0) is 19.8. The third-order valence-corrected chi connectivity index (χ3v) is 6.66. The highest BCUT2D eigenvalue weighted by Crippen LogP contribution is 2.61. The van der Waals surface area contributed by atoms with Gasteiger partial charge in [-0.05, 0) is 17.0 Å². The predicted molar refractivity (Wildman–Crippen MR) is 118 cm³/mol. The second kappa shape index (κ2) is 10.3. The molecule has 148 valence electrons. The van der Waals surface area contributed by atoms with Crippen molar-refractivity contribution in [1.82, 2.24) is 0 Å². The van der Waals surface area contributed by atoms with Crippen molar-refractivity contribution in [2.45, 2.75) is 5.78 Å². The number of rotatable bonds is 10. The molecule has 0 bridgehead atoms. The van der Waals surface area contributed by atoms with Crippen LogP contribution in [0.5, 0.6) is 0 Å². The molecule has 3 aromatic rings. The molecule has 0 unspecified atom stereocenters. The van der Waals surface area contributed by atoms with E-state index in [1.54, 1.807) is 0 Å². The van der Waals surface area contributed by atoms with E-state index >= 15 is 0 Å². The minimum absolute atomic E-state index is 0.113. The molecule has 7 heteroatoms. The van der Waals surface area contributed by atoms with Gasteiger partial charge in [0.25, 0.3) is 0 Å². The molecule has 0 aromatic heterocycles. The van der Waals surface area contributed by atoms with Crippen LogP contribution in [-0.4, -0.2) is 25.0 Å². The zero-order valence-corrected chi connectivity index (χ0v) is 17.7. The van der Waals surface area contributed by atoms with E-state index in [4.69, 9.17) is 32.2 Å². The van der Waals surface area contributed by atoms with Crippen LogP contribution in [0.3, 0.4) is 0 Å². The quantitative estimate of drug-likeness (QED) is 0.284. The summed E-state index contributed by atoms with van der Waals surface area (Å²) < 4.78 is 25.1. The Balaban J connectivity index is 2.04. The van der Waals surface area contributed by atoms with Crippen molar-refractivity contribution in [1.29, 1.82) is 0 Å². The summed E-state index contributed by atoms with van der Waals surface area (Å²) in [6, 6.07) is 23.4. The van der Waals surface area contributed by atoms with Crippen LogP contribution in [0.25, 0.3) is 10.8 Å². The van der Waals surface area contributed by atoms with E-state index in [1.165, 1.54) is 0 Å². The van der Waals surface area contributed by atoms with Gasteiger partial charge in [0.15, 0.2) is 5.78 Å². The van der Waals surface area contributed by atoms with Crippen molar-refractivity contribution in [3.05, 3.63) is 78.4 Å². The van der Waals surface area contributed by atoms with Crippen LogP contribution >= 0.6 is 30.8 Å². The van der Waals surface area contributed by atoms with Gasteiger partial charge in [-0.15, -0.1) is 23.2 Å². The van der Waals surface area contributed by atoms with E-state index < -0.39 is 13.4 Å². The Morgan fingerprint density at radius 3 is 2.11 bits per heavy atom. The largest absolute Gasteiger partial charge is 0.367 e. The molecule has 0 fully saturated rings. The number of benzene rings is 3. The number of alkyl halides is 2. The van der Waals surface area contributed by atoms with Gasteiger partial charge < -0.3 is 14.4 Å². The minimum Gasteiger partial charge on any atom is -0.367 e. The van der Waals surface area contributed by atoms with Gasteiger partial charge in [0.05, 0.1) is 13.2 Å². The van der Waals surface area contributed by atoms with Gasteiger partial charge in [-0.1, -0.05) is 66.7 Å². The topological polar surface area (TPSA) is 47.6 Å². The SMILES string of the molecule is O=P(OCCCl)(OCCCl)[C@@H](Nc1cccc2ccccc12)c1ccccc1. The highest BCUT2D eigenvalue weighted by Gasteiger charge is 2.37. The van der Waals surface area contributed by atoms with E-state index in [1.807, 2.05) is 72.8 Å². The fourth-order valence-corrected chi connectivity index (χ4v) is 5.26. The van der Waals surface area contributed by atoms with E-state index in [-0.39, 0.29) is 25.0 Å². The van der Waals surface area contributed by atoms with Gasteiger partial charge >= 0.3 is 7.60 Å². The summed E-state index contributed by atoms with van der Waals surface area (Å²) in [6.45, 7) is 0.226. The molecule has 0 aliphatic rings. The van der Waals surface area contributed by atoms with Crippen molar-refractivity contribution < 1.29 is 13.6 Å². The lowest BCUT2D eigenvalue weighted by Crippen LogP contribution is -2.16. The Labute approximate surface area is 175 Å². The van der Waals surface area contributed by atoms with Gasteiger partial charge in [0.2, 0.25) is 0 Å². The molecule has 0 saturated heterocycles. The van der Waals surface area contributed by atoms with E-state index in [0.29, 0.717) is 0 Å². The molecule has 3 rings (SSSR count). The van der Waals surface area contributed by atoms with Crippen molar-refractivity contribution >= 4 is 47.3 Å². The van der Waals surface area contributed by atoms with Crippen molar-refractivity contribution in [3.63, 3.8) is 0 Å². The van der Waals surface area contributed by atoms with Crippen LogP contribution in [-0.2, 0) is 13.6 Å². The molecule has 0 heterocycles. The Morgan fingerprint density at radius 2 is 1.43 bits per heavy atom. The summed E-state index contributed by atoms with van der Waals surface area (Å²) in [5.41, 5.74) is 1.64. The number of anilines is 1. The normalized spacial score (nSPS) is 12.8. The number of fused-ring (bicyclic) bond motifs is 1. The Kier molecular flexibility index (Phi) is 7.78. The van der Waals surface area contributed by atoms with Crippen molar-refractivity contribution in [2.24, 2.45) is 0 Å². The molecular formula is C21H22Cl2NO3P.